The quantitative estimate of drug-likeness (QED) is 0.574. The van der Waals surface area contributed by atoms with Crippen LogP contribution >= 0.6 is 0 Å². The van der Waals surface area contributed by atoms with Crippen molar-refractivity contribution in [3.8, 4) is 24.0 Å². The third kappa shape index (κ3) is 2.13. The van der Waals surface area contributed by atoms with Gasteiger partial charge in [0.2, 0.25) is 0 Å². The Morgan fingerprint density at radius 3 is 2.71 bits per heavy atom. The van der Waals surface area contributed by atoms with Crippen LogP contribution in [0.15, 0.2) is 18.2 Å². The summed E-state index contributed by atoms with van der Waals surface area (Å²) in [6.45, 7) is 1.90. The molecule has 0 heterocycles. The van der Waals surface area contributed by atoms with Gasteiger partial charge >= 0.3 is 0 Å². The Hall–Kier alpha value is -2.24. The molecule has 0 aliphatic rings. The molecule has 66 valence electrons. The molecule has 0 N–H and O–H groups in total. The number of rotatable bonds is 0. The number of benzene rings is 1. The zero-order valence-electron chi connectivity index (χ0n) is 7.83. The molecular weight excluding hydrogens is 172 g/mol. The molecule has 0 bridgehead atoms. The van der Waals surface area contributed by atoms with Gasteiger partial charge in [0.25, 0.3) is 0 Å². The van der Waals surface area contributed by atoms with E-state index in [0.717, 1.165) is 11.1 Å². The summed E-state index contributed by atoms with van der Waals surface area (Å²) in [5, 5.41) is 17.1. The Kier molecular flexibility index (Phi) is 3.31. The summed E-state index contributed by atoms with van der Waals surface area (Å²) >= 11 is 0. The van der Waals surface area contributed by atoms with E-state index >= 15 is 0 Å². The van der Waals surface area contributed by atoms with Crippen molar-refractivity contribution in [1.82, 2.24) is 0 Å². The minimum atomic E-state index is 0.194. The highest BCUT2D eigenvalue weighted by Gasteiger charge is 2.00. The summed E-state index contributed by atoms with van der Waals surface area (Å²) in [4.78, 5) is 0. The van der Waals surface area contributed by atoms with Gasteiger partial charge in [-0.2, -0.15) is 10.5 Å². The first kappa shape index (κ1) is 9.85. The fourth-order valence-electron chi connectivity index (χ4n) is 1.10. The van der Waals surface area contributed by atoms with Crippen LogP contribution in [-0.2, 0) is 0 Å². The van der Waals surface area contributed by atoms with E-state index in [4.69, 9.17) is 10.5 Å². The fourth-order valence-corrected chi connectivity index (χ4v) is 1.10. The van der Waals surface area contributed by atoms with Crippen molar-refractivity contribution in [3.63, 3.8) is 0 Å². The lowest BCUT2D eigenvalue weighted by molar-refractivity contribution is 1.37. The fraction of sp³-hybridized carbons (Fsp3) is 0.167. The summed E-state index contributed by atoms with van der Waals surface area (Å²) in [5.41, 5.74) is 2.26. The Balaban J connectivity index is 3.16. The Morgan fingerprint density at radius 1 is 1.29 bits per heavy atom. The van der Waals surface area contributed by atoms with E-state index in [2.05, 4.69) is 17.9 Å². The van der Waals surface area contributed by atoms with E-state index in [1.807, 2.05) is 25.1 Å². The maximum absolute atomic E-state index is 8.82. The largest absolute Gasteiger partial charge is 0.197 e. The lowest BCUT2D eigenvalue weighted by Crippen LogP contribution is -1.87. The molecule has 0 saturated carbocycles. The van der Waals surface area contributed by atoms with Crippen LogP contribution in [0.25, 0.3) is 0 Å². The molecule has 1 rings (SSSR count). The number of hydrogen-bond donors (Lipinski definition) is 0. The van der Waals surface area contributed by atoms with E-state index in [1.165, 1.54) is 0 Å². The SMILES string of the molecule is Cc1cccc(C#N)c1C#CCC#N. The Labute approximate surface area is 83.4 Å². The summed E-state index contributed by atoms with van der Waals surface area (Å²) in [6, 6.07) is 9.46. The van der Waals surface area contributed by atoms with E-state index in [-0.39, 0.29) is 6.42 Å². The maximum Gasteiger partial charge on any atom is 0.100 e. The van der Waals surface area contributed by atoms with Gasteiger partial charge in [-0.25, -0.2) is 0 Å². The highest BCUT2D eigenvalue weighted by Crippen LogP contribution is 2.11. The number of hydrogen-bond acceptors (Lipinski definition) is 2. The van der Waals surface area contributed by atoms with E-state index in [1.54, 1.807) is 6.07 Å². The number of aryl methyl sites for hydroxylation is 1. The van der Waals surface area contributed by atoms with Crippen molar-refractivity contribution in [2.45, 2.75) is 13.3 Å². The van der Waals surface area contributed by atoms with Gasteiger partial charge in [-0.1, -0.05) is 24.0 Å². The van der Waals surface area contributed by atoms with Crippen LogP contribution in [0.3, 0.4) is 0 Å². The predicted octanol–water partition coefficient (Wildman–Crippen LogP) is 2.13. The summed E-state index contributed by atoms with van der Waals surface area (Å²) in [7, 11) is 0. The van der Waals surface area contributed by atoms with Crippen LogP contribution in [0, 0.1) is 41.4 Å². The van der Waals surface area contributed by atoms with Gasteiger partial charge in [-0.05, 0) is 18.6 Å². The Morgan fingerprint density at radius 2 is 2.07 bits per heavy atom. The first-order chi connectivity index (χ1) is 6.79. The second-order valence-electron chi connectivity index (χ2n) is 2.75. The third-order valence-corrected chi connectivity index (χ3v) is 1.77. The van der Waals surface area contributed by atoms with Crippen molar-refractivity contribution >= 4 is 0 Å². The van der Waals surface area contributed by atoms with Crippen LogP contribution in [-0.4, -0.2) is 0 Å². The summed E-state index contributed by atoms with van der Waals surface area (Å²) in [6.07, 6.45) is 0.194. The summed E-state index contributed by atoms with van der Waals surface area (Å²) in [5.74, 6) is 5.54. The van der Waals surface area contributed by atoms with Crippen LogP contribution in [0.4, 0.5) is 0 Å². The van der Waals surface area contributed by atoms with Crippen molar-refractivity contribution in [2.24, 2.45) is 0 Å². The number of nitriles is 2. The zero-order chi connectivity index (χ0) is 10.4. The maximum atomic E-state index is 8.82. The monoisotopic (exact) mass is 180 g/mol. The highest BCUT2D eigenvalue weighted by molar-refractivity contribution is 5.52. The molecule has 0 fully saturated rings. The smallest absolute Gasteiger partial charge is 0.100 e. The lowest BCUT2D eigenvalue weighted by Gasteiger charge is -1.98. The molecular formula is C12H8N2. The second-order valence-corrected chi connectivity index (χ2v) is 2.75. The van der Waals surface area contributed by atoms with Crippen LogP contribution < -0.4 is 0 Å². The van der Waals surface area contributed by atoms with Crippen LogP contribution in [0.2, 0.25) is 0 Å². The molecule has 0 aliphatic heterocycles. The minimum Gasteiger partial charge on any atom is -0.197 e. The normalized spacial score (nSPS) is 7.93. The van der Waals surface area contributed by atoms with E-state index in [0.29, 0.717) is 5.56 Å². The first-order valence-corrected chi connectivity index (χ1v) is 4.15. The molecule has 0 saturated heterocycles. The number of nitrogens with zero attached hydrogens (tertiary/aromatic N) is 2. The molecule has 0 atom stereocenters. The molecule has 1 aromatic carbocycles. The predicted molar refractivity (Wildman–Crippen MR) is 53.0 cm³/mol. The molecule has 1 aromatic rings. The molecule has 0 radical (unpaired) electrons. The topological polar surface area (TPSA) is 47.6 Å². The molecule has 0 spiro atoms. The molecule has 14 heavy (non-hydrogen) atoms. The van der Waals surface area contributed by atoms with Gasteiger partial charge in [0, 0.05) is 5.56 Å². The van der Waals surface area contributed by atoms with Gasteiger partial charge in [0.15, 0.2) is 0 Å². The summed E-state index contributed by atoms with van der Waals surface area (Å²) < 4.78 is 0. The van der Waals surface area contributed by atoms with Crippen molar-refractivity contribution in [1.29, 1.82) is 10.5 Å². The third-order valence-electron chi connectivity index (χ3n) is 1.77. The van der Waals surface area contributed by atoms with Gasteiger partial charge in [-0.3, -0.25) is 0 Å². The molecule has 0 aromatic heterocycles. The van der Waals surface area contributed by atoms with Crippen LogP contribution in [0.5, 0.6) is 0 Å². The second kappa shape index (κ2) is 4.70. The van der Waals surface area contributed by atoms with E-state index < -0.39 is 0 Å². The zero-order valence-corrected chi connectivity index (χ0v) is 7.83. The van der Waals surface area contributed by atoms with Gasteiger partial charge in [0.05, 0.1) is 18.1 Å². The Bertz CT molecular complexity index is 476. The average Bonchev–Trinajstić information content (AvgIpc) is 2.20. The average molecular weight is 180 g/mol. The first-order valence-electron chi connectivity index (χ1n) is 4.15. The molecule has 2 heteroatoms. The van der Waals surface area contributed by atoms with Gasteiger partial charge in [0.1, 0.15) is 6.07 Å². The standard InChI is InChI=1S/C12H8N2/c1-10-5-4-6-11(9-14)12(10)7-2-3-8-13/h4-6H,3H2,1H3. The van der Waals surface area contributed by atoms with Gasteiger partial charge < -0.3 is 0 Å². The highest BCUT2D eigenvalue weighted by atomic mass is 14.2. The van der Waals surface area contributed by atoms with Crippen molar-refractivity contribution < 1.29 is 0 Å². The molecule has 0 amide bonds. The molecule has 0 aliphatic carbocycles. The van der Waals surface area contributed by atoms with E-state index in [9.17, 15) is 0 Å². The molecule has 2 nitrogen and oxygen atoms in total. The van der Waals surface area contributed by atoms with Crippen molar-refractivity contribution in [2.75, 3.05) is 0 Å². The van der Waals surface area contributed by atoms with Crippen LogP contribution in [0.1, 0.15) is 23.1 Å². The van der Waals surface area contributed by atoms with Gasteiger partial charge in [-0.15, -0.1) is 0 Å². The van der Waals surface area contributed by atoms with Crippen molar-refractivity contribution in [3.05, 3.63) is 34.9 Å². The lowest BCUT2D eigenvalue weighted by atomic mass is 10.0. The molecule has 0 unspecified atom stereocenters. The minimum absolute atomic E-state index is 0.194.